The molecule has 2 rings (SSSR count). The largest absolute Gasteiger partial charge is 0.345 e. The molecule has 2 N–H and O–H groups in total. The molecular weight excluding hydrogens is 310 g/mol. The Morgan fingerprint density at radius 2 is 2.04 bits per heavy atom. The molecule has 1 unspecified atom stereocenters. The molecule has 0 fully saturated rings. The van der Waals surface area contributed by atoms with Crippen molar-refractivity contribution in [2.45, 2.75) is 33.4 Å². The Morgan fingerprint density at radius 3 is 2.61 bits per heavy atom. The average molecular weight is 333 g/mol. The lowest BCUT2D eigenvalue weighted by molar-refractivity contribution is 0.0939. The van der Waals surface area contributed by atoms with Crippen molar-refractivity contribution in [2.75, 3.05) is 13.1 Å². The first-order valence-electron chi connectivity index (χ1n) is 7.84. The Hall–Kier alpha value is -1.92. The molecule has 2 aromatic rings. The van der Waals surface area contributed by atoms with Gasteiger partial charge in [0, 0.05) is 17.1 Å². The zero-order valence-corrected chi connectivity index (χ0v) is 14.6. The molecule has 0 saturated carbocycles. The van der Waals surface area contributed by atoms with Crippen molar-refractivity contribution in [3.63, 3.8) is 0 Å². The second-order valence-corrected chi connectivity index (χ2v) is 6.38. The molecule has 0 radical (unpaired) electrons. The third-order valence-electron chi connectivity index (χ3n) is 3.82. The van der Waals surface area contributed by atoms with E-state index in [2.05, 4.69) is 29.0 Å². The smallest absolute Gasteiger partial charge is 0.261 e. The Kier molecular flexibility index (Phi) is 6.12. The van der Waals surface area contributed by atoms with Crippen LogP contribution in [0, 0.1) is 0 Å². The number of H-pyrrole nitrogens is 1. The van der Waals surface area contributed by atoms with Crippen LogP contribution in [0.25, 0.3) is 0 Å². The number of hydrogen-bond acceptors (Lipinski definition) is 4. The molecule has 0 bridgehead atoms. The van der Waals surface area contributed by atoms with Crippen LogP contribution in [0.1, 0.15) is 47.7 Å². The van der Waals surface area contributed by atoms with Crippen molar-refractivity contribution in [1.29, 1.82) is 0 Å². The molecule has 0 saturated heterocycles. The highest BCUT2D eigenvalue weighted by Gasteiger charge is 2.15. The van der Waals surface area contributed by atoms with E-state index in [1.807, 2.05) is 30.5 Å². The van der Waals surface area contributed by atoms with Gasteiger partial charge in [0.05, 0.1) is 6.04 Å². The van der Waals surface area contributed by atoms with Gasteiger partial charge in [0.2, 0.25) is 0 Å². The van der Waals surface area contributed by atoms with Gasteiger partial charge >= 0.3 is 0 Å². The fourth-order valence-corrected chi connectivity index (χ4v) is 3.09. The van der Waals surface area contributed by atoms with Gasteiger partial charge in [0.15, 0.2) is 0 Å². The number of nitrogens with zero attached hydrogens (tertiary/aromatic N) is 1. The predicted octanol–water partition coefficient (Wildman–Crippen LogP) is 2.77. The highest BCUT2D eigenvalue weighted by Crippen LogP contribution is 2.18. The summed E-state index contributed by atoms with van der Waals surface area (Å²) in [5.41, 5.74) is 0.629. The number of hydrogen-bond donors (Lipinski definition) is 2. The van der Waals surface area contributed by atoms with E-state index in [9.17, 15) is 9.59 Å². The van der Waals surface area contributed by atoms with Crippen molar-refractivity contribution in [2.24, 2.45) is 0 Å². The Balaban J connectivity index is 2.08. The normalized spacial score (nSPS) is 12.3. The van der Waals surface area contributed by atoms with E-state index in [1.165, 1.54) is 0 Å². The third-order valence-corrected chi connectivity index (χ3v) is 4.88. The SMILES string of the molecule is CCN(CC)Cc1ccc(C(=O)NC(C)c2cccs2)c(=O)[nH]1. The first-order valence-corrected chi connectivity index (χ1v) is 8.71. The van der Waals surface area contributed by atoms with Gasteiger partial charge in [0.25, 0.3) is 11.5 Å². The lowest BCUT2D eigenvalue weighted by atomic mass is 10.2. The quantitative estimate of drug-likeness (QED) is 0.819. The molecule has 2 heterocycles. The predicted molar refractivity (Wildman–Crippen MR) is 93.9 cm³/mol. The van der Waals surface area contributed by atoms with Crippen LogP contribution in [0.5, 0.6) is 0 Å². The number of thiophene rings is 1. The molecule has 5 nitrogen and oxygen atoms in total. The van der Waals surface area contributed by atoms with Gasteiger partial charge in [-0.25, -0.2) is 0 Å². The zero-order valence-electron chi connectivity index (χ0n) is 13.8. The van der Waals surface area contributed by atoms with Gasteiger partial charge in [0.1, 0.15) is 5.56 Å². The molecule has 6 heteroatoms. The van der Waals surface area contributed by atoms with E-state index >= 15 is 0 Å². The number of rotatable bonds is 7. The standard InChI is InChI=1S/C17H23N3O2S/c1-4-20(5-2)11-13-8-9-14(17(22)19-13)16(21)18-12(3)15-7-6-10-23-15/h6-10,12H,4-5,11H2,1-3H3,(H,18,21)(H,19,22). The minimum absolute atomic E-state index is 0.114. The van der Waals surface area contributed by atoms with E-state index in [1.54, 1.807) is 17.4 Å². The lowest BCUT2D eigenvalue weighted by Crippen LogP contribution is -2.32. The summed E-state index contributed by atoms with van der Waals surface area (Å²) in [6, 6.07) is 7.21. The maximum absolute atomic E-state index is 12.3. The average Bonchev–Trinajstić information content (AvgIpc) is 3.07. The molecule has 1 amide bonds. The molecule has 0 aliphatic heterocycles. The van der Waals surface area contributed by atoms with Crippen LogP contribution in [0.4, 0.5) is 0 Å². The minimum atomic E-state index is -0.346. The molecule has 124 valence electrons. The van der Waals surface area contributed by atoms with Gasteiger partial charge in [-0.05, 0) is 43.6 Å². The molecule has 0 spiro atoms. The van der Waals surface area contributed by atoms with Crippen LogP contribution < -0.4 is 10.9 Å². The highest BCUT2D eigenvalue weighted by molar-refractivity contribution is 7.10. The van der Waals surface area contributed by atoms with E-state index in [0.29, 0.717) is 6.54 Å². The molecule has 0 aromatic carbocycles. The van der Waals surface area contributed by atoms with Crippen LogP contribution in [0.2, 0.25) is 0 Å². The number of aromatic amines is 1. The molecule has 23 heavy (non-hydrogen) atoms. The van der Waals surface area contributed by atoms with E-state index in [4.69, 9.17) is 0 Å². The van der Waals surface area contributed by atoms with Crippen molar-refractivity contribution in [1.82, 2.24) is 15.2 Å². The molecule has 1 atom stereocenters. The fraction of sp³-hybridized carbons (Fsp3) is 0.412. The van der Waals surface area contributed by atoms with Gasteiger partial charge in [-0.15, -0.1) is 11.3 Å². The minimum Gasteiger partial charge on any atom is -0.345 e. The Bertz CT molecular complexity index is 690. The van der Waals surface area contributed by atoms with Crippen LogP contribution in [0.15, 0.2) is 34.4 Å². The summed E-state index contributed by atoms with van der Waals surface area (Å²) in [4.78, 5) is 30.5. The summed E-state index contributed by atoms with van der Waals surface area (Å²) in [6.45, 7) is 8.57. The topological polar surface area (TPSA) is 65.2 Å². The lowest BCUT2D eigenvalue weighted by Gasteiger charge is -2.17. The Labute approximate surface area is 140 Å². The number of nitrogens with one attached hydrogen (secondary N) is 2. The summed E-state index contributed by atoms with van der Waals surface area (Å²) in [5.74, 6) is -0.346. The van der Waals surface area contributed by atoms with Gasteiger partial charge in [-0.3, -0.25) is 14.5 Å². The van der Waals surface area contributed by atoms with E-state index in [-0.39, 0.29) is 23.1 Å². The van der Waals surface area contributed by atoms with Crippen molar-refractivity contribution >= 4 is 17.2 Å². The van der Waals surface area contributed by atoms with Crippen LogP contribution in [-0.4, -0.2) is 28.9 Å². The molecule has 0 aliphatic carbocycles. The van der Waals surface area contributed by atoms with Gasteiger partial charge in [-0.1, -0.05) is 19.9 Å². The molecular formula is C17H23N3O2S. The number of amides is 1. The first-order chi connectivity index (χ1) is 11.0. The number of aromatic nitrogens is 1. The molecule has 0 aliphatic rings. The van der Waals surface area contributed by atoms with Crippen LogP contribution >= 0.6 is 11.3 Å². The Morgan fingerprint density at radius 1 is 1.30 bits per heavy atom. The number of carbonyl (C=O) groups excluding carboxylic acids is 1. The van der Waals surface area contributed by atoms with Crippen molar-refractivity contribution < 1.29 is 4.79 Å². The fourth-order valence-electron chi connectivity index (χ4n) is 2.36. The maximum atomic E-state index is 12.3. The van der Waals surface area contributed by atoms with Gasteiger partial charge in [-0.2, -0.15) is 0 Å². The van der Waals surface area contributed by atoms with Crippen LogP contribution in [0.3, 0.4) is 0 Å². The third kappa shape index (κ3) is 4.53. The summed E-state index contributed by atoms with van der Waals surface area (Å²) < 4.78 is 0. The molecule has 2 aromatic heterocycles. The highest BCUT2D eigenvalue weighted by atomic mass is 32.1. The van der Waals surface area contributed by atoms with Gasteiger partial charge < -0.3 is 10.3 Å². The van der Waals surface area contributed by atoms with Crippen LogP contribution in [-0.2, 0) is 6.54 Å². The van der Waals surface area contributed by atoms with Crippen molar-refractivity contribution in [3.05, 3.63) is 56.1 Å². The van der Waals surface area contributed by atoms with E-state index < -0.39 is 0 Å². The van der Waals surface area contributed by atoms with Crippen molar-refractivity contribution in [3.8, 4) is 0 Å². The summed E-state index contributed by atoms with van der Waals surface area (Å²) in [7, 11) is 0. The second kappa shape index (κ2) is 8.08. The second-order valence-electron chi connectivity index (χ2n) is 5.40. The first kappa shape index (κ1) is 17.4. The number of pyridine rings is 1. The maximum Gasteiger partial charge on any atom is 0.261 e. The zero-order chi connectivity index (χ0) is 16.8. The summed E-state index contributed by atoms with van der Waals surface area (Å²) in [6.07, 6.45) is 0. The summed E-state index contributed by atoms with van der Waals surface area (Å²) in [5, 5.41) is 4.83. The monoisotopic (exact) mass is 333 g/mol. The summed E-state index contributed by atoms with van der Waals surface area (Å²) >= 11 is 1.58. The van der Waals surface area contributed by atoms with E-state index in [0.717, 1.165) is 23.7 Å². The number of carbonyl (C=O) groups is 1.